The molecular formula is C11H21NO2. The largest absolute Gasteiger partial charge is 0.383 e. The third kappa shape index (κ3) is 1.95. The van der Waals surface area contributed by atoms with Gasteiger partial charge in [0.05, 0.1) is 12.2 Å². The molecule has 2 fully saturated rings. The van der Waals surface area contributed by atoms with E-state index in [1.165, 1.54) is 19.3 Å². The Morgan fingerprint density at radius 3 is 2.93 bits per heavy atom. The standard InChI is InChI=1S/C11H21NO2/c1-13-8-10(12)9-3-6-14-11(7-9)4-2-5-11/h9-10H,2-8,12H2,1H3. The molecule has 1 aliphatic carbocycles. The second-order valence-electron chi connectivity index (χ2n) is 4.76. The van der Waals surface area contributed by atoms with Gasteiger partial charge in [-0.15, -0.1) is 0 Å². The Morgan fingerprint density at radius 1 is 1.57 bits per heavy atom. The molecule has 3 heteroatoms. The first-order valence-corrected chi connectivity index (χ1v) is 5.64. The molecule has 0 aromatic carbocycles. The molecule has 0 amide bonds. The van der Waals surface area contributed by atoms with E-state index in [4.69, 9.17) is 15.2 Å². The summed E-state index contributed by atoms with van der Waals surface area (Å²) < 4.78 is 11.0. The SMILES string of the molecule is COCC(N)C1CCOC2(CCC2)C1. The van der Waals surface area contributed by atoms with Crippen LogP contribution in [-0.4, -0.2) is 32.0 Å². The first-order valence-electron chi connectivity index (χ1n) is 5.64. The molecule has 0 aromatic rings. The Balaban J connectivity index is 1.87. The summed E-state index contributed by atoms with van der Waals surface area (Å²) in [5.74, 6) is 0.601. The summed E-state index contributed by atoms with van der Waals surface area (Å²) in [6, 6.07) is 0.196. The quantitative estimate of drug-likeness (QED) is 0.745. The van der Waals surface area contributed by atoms with Crippen LogP contribution in [-0.2, 0) is 9.47 Å². The van der Waals surface area contributed by atoms with Gasteiger partial charge in [0.15, 0.2) is 0 Å². The molecule has 2 unspecified atom stereocenters. The van der Waals surface area contributed by atoms with Gasteiger partial charge in [-0.05, 0) is 38.0 Å². The molecule has 1 aliphatic heterocycles. The van der Waals surface area contributed by atoms with Crippen molar-refractivity contribution < 1.29 is 9.47 Å². The van der Waals surface area contributed by atoms with Crippen LogP contribution in [0.25, 0.3) is 0 Å². The van der Waals surface area contributed by atoms with Crippen molar-refractivity contribution in [2.24, 2.45) is 11.7 Å². The van der Waals surface area contributed by atoms with Crippen molar-refractivity contribution in [2.75, 3.05) is 20.3 Å². The molecule has 1 heterocycles. The van der Waals surface area contributed by atoms with E-state index in [0.29, 0.717) is 12.5 Å². The van der Waals surface area contributed by atoms with E-state index >= 15 is 0 Å². The van der Waals surface area contributed by atoms with E-state index in [2.05, 4.69) is 0 Å². The summed E-state index contributed by atoms with van der Waals surface area (Å²) in [7, 11) is 1.72. The molecule has 1 saturated heterocycles. The number of hydrogen-bond acceptors (Lipinski definition) is 3. The molecule has 2 N–H and O–H groups in total. The van der Waals surface area contributed by atoms with Gasteiger partial charge in [0.2, 0.25) is 0 Å². The predicted octanol–water partition coefficient (Wildman–Crippen LogP) is 1.31. The van der Waals surface area contributed by atoms with Crippen LogP contribution >= 0.6 is 0 Å². The van der Waals surface area contributed by atoms with Crippen molar-refractivity contribution in [3.05, 3.63) is 0 Å². The lowest BCUT2D eigenvalue weighted by Crippen LogP contribution is -2.50. The fourth-order valence-corrected chi connectivity index (χ4v) is 2.68. The van der Waals surface area contributed by atoms with Gasteiger partial charge in [-0.2, -0.15) is 0 Å². The Morgan fingerprint density at radius 2 is 2.36 bits per heavy atom. The first kappa shape index (κ1) is 10.4. The molecule has 0 radical (unpaired) electrons. The third-order valence-electron chi connectivity index (χ3n) is 3.76. The second kappa shape index (κ2) is 4.17. The summed E-state index contributed by atoms with van der Waals surface area (Å²) in [6.07, 6.45) is 6.06. The van der Waals surface area contributed by atoms with Crippen molar-refractivity contribution in [3.63, 3.8) is 0 Å². The summed E-state index contributed by atoms with van der Waals surface area (Å²) in [4.78, 5) is 0. The van der Waals surface area contributed by atoms with E-state index in [9.17, 15) is 0 Å². The van der Waals surface area contributed by atoms with Crippen LogP contribution in [0, 0.1) is 5.92 Å². The highest BCUT2D eigenvalue weighted by molar-refractivity contribution is 4.95. The smallest absolute Gasteiger partial charge is 0.0685 e. The first-order chi connectivity index (χ1) is 6.76. The van der Waals surface area contributed by atoms with E-state index in [1.807, 2.05) is 0 Å². The van der Waals surface area contributed by atoms with E-state index < -0.39 is 0 Å². The van der Waals surface area contributed by atoms with Crippen LogP contribution in [0.3, 0.4) is 0 Å². The number of methoxy groups -OCH3 is 1. The maximum absolute atomic E-state index is 6.08. The van der Waals surface area contributed by atoms with Crippen LogP contribution in [0.1, 0.15) is 32.1 Å². The molecule has 2 atom stereocenters. The van der Waals surface area contributed by atoms with Gasteiger partial charge in [0.1, 0.15) is 0 Å². The normalized spacial score (nSPS) is 32.6. The molecule has 3 nitrogen and oxygen atoms in total. The molecule has 1 spiro atoms. The average molecular weight is 199 g/mol. The Bertz CT molecular complexity index is 192. The van der Waals surface area contributed by atoms with E-state index in [1.54, 1.807) is 7.11 Å². The molecule has 1 saturated carbocycles. The lowest BCUT2D eigenvalue weighted by atomic mass is 9.70. The molecule has 14 heavy (non-hydrogen) atoms. The van der Waals surface area contributed by atoms with Crippen molar-refractivity contribution in [1.29, 1.82) is 0 Å². The lowest BCUT2D eigenvalue weighted by Gasteiger charge is -2.48. The molecule has 82 valence electrons. The molecular weight excluding hydrogens is 178 g/mol. The Labute approximate surface area is 85.9 Å². The maximum Gasteiger partial charge on any atom is 0.0685 e. The van der Waals surface area contributed by atoms with Crippen LogP contribution in [0.4, 0.5) is 0 Å². The Hall–Kier alpha value is -0.120. The van der Waals surface area contributed by atoms with Crippen LogP contribution in [0.15, 0.2) is 0 Å². The Kier molecular flexibility index (Phi) is 3.10. The minimum Gasteiger partial charge on any atom is -0.383 e. The van der Waals surface area contributed by atoms with Crippen LogP contribution in [0.2, 0.25) is 0 Å². The molecule has 0 aromatic heterocycles. The summed E-state index contributed by atoms with van der Waals surface area (Å²) in [5.41, 5.74) is 6.29. The fraction of sp³-hybridized carbons (Fsp3) is 1.00. The van der Waals surface area contributed by atoms with Crippen molar-refractivity contribution in [1.82, 2.24) is 0 Å². The highest BCUT2D eigenvalue weighted by Crippen LogP contribution is 2.44. The molecule has 2 aliphatic rings. The van der Waals surface area contributed by atoms with Gasteiger partial charge in [-0.3, -0.25) is 0 Å². The zero-order chi connectivity index (χ0) is 10.0. The van der Waals surface area contributed by atoms with E-state index in [0.717, 1.165) is 19.4 Å². The zero-order valence-corrected chi connectivity index (χ0v) is 9.00. The topological polar surface area (TPSA) is 44.5 Å². The van der Waals surface area contributed by atoms with Gasteiger partial charge in [0.25, 0.3) is 0 Å². The second-order valence-corrected chi connectivity index (χ2v) is 4.76. The summed E-state index contributed by atoms with van der Waals surface area (Å²) in [5, 5.41) is 0. The van der Waals surface area contributed by atoms with Crippen molar-refractivity contribution in [3.8, 4) is 0 Å². The minimum absolute atomic E-state index is 0.196. The predicted molar refractivity (Wildman–Crippen MR) is 55.1 cm³/mol. The lowest BCUT2D eigenvalue weighted by molar-refractivity contribution is -0.147. The highest BCUT2D eigenvalue weighted by Gasteiger charge is 2.43. The monoisotopic (exact) mass is 199 g/mol. The van der Waals surface area contributed by atoms with Gasteiger partial charge in [-0.25, -0.2) is 0 Å². The van der Waals surface area contributed by atoms with Gasteiger partial charge >= 0.3 is 0 Å². The summed E-state index contributed by atoms with van der Waals surface area (Å²) in [6.45, 7) is 1.57. The van der Waals surface area contributed by atoms with Crippen LogP contribution in [0.5, 0.6) is 0 Å². The van der Waals surface area contributed by atoms with Gasteiger partial charge in [0, 0.05) is 19.8 Å². The number of ether oxygens (including phenoxy) is 2. The van der Waals surface area contributed by atoms with E-state index in [-0.39, 0.29) is 11.6 Å². The van der Waals surface area contributed by atoms with Crippen molar-refractivity contribution >= 4 is 0 Å². The van der Waals surface area contributed by atoms with Gasteiger partial charge < -0.3 is 15.2 Å². The number of hydrogen-bond donors (Lipinski definition) is 1. The third-order valence-corrected chi connectivity index (χ3v) is 3.76. The molecule has 0 bridgehead atoms. The molecule has 2 rings (SSSR count). The van der Waals surface area contributed by atoms with Crippen molar-refractivity contribution in [2.45, 2.75) is 43.7 Å². The zero-order valence-electron chi connectivity index (χ0n) is 9.00. The van der Waals surface area contributed by atoms with Gasteiger partial charge in [-0.1, -0.05) is 0 Å². The van der Waals surface area contributed by atoms with Crippen LogP contribution < -0.4 is 5.73 Å². The average Bonchev–Trinajstić information content (AvgIpc) is 2.16. The maximum atomic E-state index is 6.08. The fourth-order valence-electron chi connectivity index (χ4n) is 2.68. The summed E-state index contributed by atoms with van der Waals surface area (Å²) >= 11 is 0. The minimum atomic E-state index is 0.196. The number of rotatable bonds is 3. The highest BCUT2D eigenvalue weighted by atomic mass is 16.5. The number of nitrogens with two attached hydrogens (primary N) is 1.